The van der Waals surface area contributed by atoms with Crippen molar-refractivity contribution >= 4 is 84.0 Å². The summed E-state index contributed by atoms with van der Waals surface area (Å²) in [5.41, 5.74) is 16.2. The van der Waals surface area contributed by atoms with Crippen molar-refractivity contribution in [1.82, 2.24) is 19.1 Å². The molecule has 0 radical (unpaired) electrons. The second-order valence-corrected chi connectivity index (χ2v) is 16.2. The van der Waals surface area contributed by atoms with Gasteiger partial charge in [-0.25, -0.2) is 9.97 Å². The standard InChI is InChI=1S/C58H37N5/c1-4-16-38(17-5-1)57-48-24-10-13-25-50(48)59-58(60-57)63-51-33-31-39(40-30-32-47-45-22-11-14-26-52(45)61(55(47)35-40)43-18-6-2-7-19-43)34-41(51)28-29-42-36-56-49(37-54(42)63)46-23-12-15-27-53(46)62(56)44-20-8-3-9-21-44/h1-37H. The Hall–Kier alpha value is -8.54. The summed E-state index contributed by atoms with van der Waals surface area (Å²) in [6.07, 6.45) is 4.53. The molecule has 0 atom stereocenters. The first-order valence-corrected chi connectivity index (χ1v) is 21.4. The van der Waals surface area contributed by atoms with Crippen LogP contribution in [-0.4, -0.2) is 19.1 Å². The molecule has 3 aromatic heterocycles. The van der Waals surface area contributed by atoms with Gasteiger partial charge >= 0.3 is 0 Å². The van der Waals surface area contributed by atoms with E-state index < -0.39 is 0 Å². The Morgan fingerprint density at radius 1 is 0.317 bits per heavy atom. The number of hydrogen-bond donors (Lipinski definition) is 0. The number of aromatic nitrogens is 4. The summed E-state index contributed by atoms with van der Waals surface area (Å²) in [6.45, 7) is 0. The van der Waals surface area contributed by atoms with Crippen LogP contribution in [0.25, 0.3) is 100 Å². The topological polar surface area (TPSA) is 38.9 Å². The zero-order valence-corrected chi connectivity index (χ0v) is 34.1. The van der Waals surface area contributed by atoms with Gasteiger partial charge in [0.1, 0.15) is 0 Å². The second-order valence-electron chi connectivity index (χ2n) is 16.2. The first kappa shape index (κ1) is 35.2. The lowest BCUT2D eigenvalue weighted by Gasteiger charge is -2.26. The van der Waals surface area contributed by atoms with E-state index in [0.29, 0.717) is 5.95 Å². The van der Waals surface area contributed by atoms with Crippen LogP contribution in [-0.2, 0) is 0 Å². The largest absolute Gasteiger partial charge is 0.309 e. The summed E-state index contributed by atoms with van der Waals surface area (Å²) in [5, 5.41) is 5.84. The van der Waals surface area contributed by atoms with Gasteiger partial charge in [0.25, 0.3) is 0 Å². The summed E-state index contributed by atoms with van der Waals surface area (Å²) in [7, 11) is 0. The Bertz CT molecular complexity index is 3790. The SMILES string of the molecule is C1=Cc2cc3c(cc2N(c2nc(-c4ccccc4)c4ccccc4n2)c2ccc(-c4ccc5c6ccccc6n(-c6ccccc6)c5c4)cc21)c1ccccc1n3-c1ccccc1. The first-order chi connectivity index (χ1) is 31.2. The van der Waals surface area contributed by atoms with Crippen LogP contribution >= 0.6 is 0 Å². The monoisotopic (exact) mass is 803 g/mol. The molecule has 0 fully saturated rings. The highest BCUT2D eigenvalue weighted by Gasteiger charge is 2.27. The van der Waals surface area contributed by atoms with Crippen molar-refractivity contribution in [3.63, 3.8) is 0 Å². The number of fused-ring (bicyclic) bond motifs is 9. The molecular weight excluding hydrogens is 767 g/mol. The normalized spacial score (nSPS) is 12.3. The van der Waals surface area contributed by atoms with Crippen molar-refractivity contribution in [2.75, 3.05) is 4.90 Å². The molecule has 0 unspecified atom stereocenters. The molecule has 0 saturated heterocycles. The van der Waals surface area contributed by atoms with Gasteiger partial charge in [0.05, 0.1) is 44.7 Å². The summed E-state index contributed by atoms with van der Waals surface area (Å²) in [5.74, 6) is 0.617. The van der Waals surface area contributed by atoms with Crippen molar-refractivity contribution in [2.24, 2.45) is 0 Å². The van der Waals surface area contributed by atoms with Crippen molar-refractivity contribution < 1.29 is 0 Å². The van der Waals surface area contributed by atoms with Gasteiger partial charge < -0.3 is 9.13 Å². The maximum atomic E-state index is 5.48. The van der Waals surface area contributed by atoms with E-state index in [4.69, 9.17) is 9.97 Å². The summed E-state index contributed by atoms with van der Waals surface area (Å²) >= 11 is 0. The van der Waals surface area contributed by atoms with Gasteiger partial charge in [-0.1, -0.05) is 152 Å². The van der Waals surface area contributed by atoms with E-state index in [-0.39, 0.29) is 0 Å². The zero-order valence-electron chi connectivity index (χ0n) is 34.1. The lowest BCUT2D eigenvalue weighted by Crippen LogP contribution is -2.15. The quantitative estimate of drug-likeness (QED) is 0.174. The average Bonchev–Trinajstić information content (AvgIpc) is 3.80. The molecule has 9 aromatic carbocycles. The zero-order chi connectivity index (χ0) is 41.4. The molecule has 5 heteroatoms. The number of hydrogen-bond acceptors (Lipinski definition) is 3. The Labute approximate surface area is 363 Å². The van der Waals surface area contributed by atoms with Crippen LogP contribution < -0.4 is 4.90 Å². The van der Waals surface area contributed by atoms with Crippen LogP contribution in [0, 0.1) is 0 Å². The first-order valence-electron chi connectivity index (χ1n) is 21.4. The van der Waals surface area contributed by atoms with Crippen molar-refractivity contribution in [1.29, 1.82) is 0 Å². The molecule has 1 aliphatic heterocycles. The molecule has 13 rings (SSSR count). The molecule has 12 aromatic rings. The number of benzene rings is 9. The van der Waals surface area contributed by atoms with Crippen molar-refractivity contribution in [2.45, 2.75) is 0 Å². The average molecular weight is 804 g/mol. The molecule has 0 saturated carbocycles. The van der Waals surface area contributed by atoms with E-state index in [9.17, 15) is 0 Å². The fourth-order valence-electron chi connectivity index (χ4n) is 9.78. The number of anilines is 3. The molecule has 294 valence electrons. The van der Waals surface area contributed by atoms with Crippen LogP contribution in [0.4, 0.5) is 17.3 Å². The third-order valence-electron chi connectivity index (χ3n) is 12.6. The Morgan fingerprint density at radius 3 is 1.54 bits per heavy atom. The molecule has 1 aliphatic rings. The predicted octanol–water partition coefficient (Wildman–Crippen LogP) is 15.1. The van der Waals surface area contributed by atoms with Gasteiger partial charge in [-0.3, -0.25) is 4.90 Å². The second kappa shape index (κ2) is 14.0. The van der Waals surface area contributed by atoms with Crippen LogP contribution in [0.1, 0.15) is 11.1 Å². The van der Waals surface area contributed by atoms with Crippen molar-refractivity contribution in [3.05, 3.63) is 223 Å². The van der Waals surface area contributed by atoms with E-state index in [1.54, 1.807) is 0 Å². The van der Waals surface area contributed by atoms with E-state index in [0.717, 1.165) is 83.6 Å². The third-order valence-corrected chi connectivity index (χ3v) is 12.6. The smallest absolute Gasteiger partial charge is 0.235 e. The highest BCUT2D eigenvalue weighted by atomic mass is 15.3. The molecule has 0 N–H and O–H groups in total. The van der Waals surface area contributed by atoms with Gasteiger partial charge in [-0.05, 0) is 89.5 Å². The van der Waals surface area contributed by atoms with Crippen LogP contribution in [0.3, 0.4) is 0 Å². The number of rotatable bonds is 5. The van der Waals surface area contributed by atoms with E-state index in [1.807, 2.05) is 0 Å². The lowest BCUT2D eigenvalue weighted by atomic mass is 9.99. The minimum Gasteiger partial charge on any atom is -0.309 e. The van der Waals surface area contributed by atoms with Gasteiger partial charge in [0.2, 0.25) is 5.95 Å². The Balaban J connectivity index is 1.06. The minimum atomic E-state index is 0.617. The maximum Gasteiger partial charge on any atom is 0.235 e. The summed E-state index contributed by atoms with van der Waals surface area (Å²) in [6, 6.07) is 75.9. The summed E-state index contributed by atoms with van der Waals surface area (Å²) < 4.78 is 4.76. The molecule has 0 spiro atoms. The molecule has 63 heavy (non-hydrogen) atoms. The number of para-hydroxylation sites is 5. The van der Waals surface area contributed by atoms with Crippen LogP contribution in [0.15, 0.2) is 212 Å². The fraction of sp³-hybridized carbons (Fsp3) is 0. The van der Waals surface area contributed by atoms with Gasteiger partial charge in [0, 0.05) is 49.4 Å². The fourth-order valence-corrected chi connectivity index (χ4v) is 9.78. The molecule has 4 heterocycles. The van der Waals surface area contributed by atoms with Crippen LogP contribution in [0.5, 0.6) is 0 Å². The van der Waals surface area contributed by atoms with Crippen LogP contribution in [0.2, 0.25) is 0 Å². The maximum absolute atomic E-state index is 5.48. The third kappa shape index (κ3) is 5.57. The molecule has 0 aliphatic carbocycles. The Kier molecular flexibility index (Phi) is 7.84. The van der Waals surface area contributed by atoms with E-state index in [1.165, 1.54) is 27.2 Å². The van der Waals surface area contributed by atoms with Gasteiger partial charge in [-0.15, -0.1) is 0 Å². The molecule has 5 nitrogen and oxygen atoms in total. The minimum absolute atomic E-state index is 0.617. The Morgan fingerprint density at radius 2 is 0.841 bits per heavy atom. The van der Waals surface area contributed by atoms with E-state index in [2.05, 4.69) is 239 Å². The lowest BCUT2D eigenvalue weighted by molar-refractivity contribution is 1.11. The summed E-state index contributed by atoms with van der Waals surface area (Å²) in [4.78, 5) is 13.1. The molecular formula is C58H37N5. The van der Waals surface area contributed by atoms with Gasteiger partial charge in [-0.2, -0.15) is 0 Å². The van der Waals surface area contributed by atoms with Gasteiger partial charge in [0.15, 0.2) is 0 Å². The van der Waals surface area contributed by atoms with E-state index >= 15 is 0 Å². The highest BCUT2D eigenvalue weighted by molar-refractivity contribution is 6.13. The molecule has 0 amide bonds. The molecule has 0 bridgehead atoms. The number of nitrogens with zero attached hydrogens (tertiary/aromatic N) is 5. The predicted molar refractivity (Wildman–Crippen MR) is 263 cm³/mol. The van der Waals surface area contributed by atoms with Crippen molar-refractivity contribution in [3.8, 4) is 33.8 Å². The highest BCUT2D eigenvalue weighted by Crippen LogP contribution is 2.47.